The Morgan fingerprint density at radius 1 is 1.50 bits per heavy atom. The third-order valence-corrected chi connectivity index (χ3v) is 2.27. The monoisotopic (exact) mass is 202 g/mol. The summed E-state index contributed by atoms with van der Waals surface area (Å²) >= 11 is 0. The molecule has 4 heteroatoms. The Balaban J connectivity index is 3.92. The second-order valence-corrected chi connectivity index (χ2v) is 3.96. The van der Waals surface area contributed by atoms with Crippen molar-refractivity contribution in [3.05, 3.63) is 0 Å². The maximum Gasteiger partial charge on any atom is 0.325 e. The van der Waals surface area contributed by atoms with Crippen LogP contribution < -0.4 is 5.73 Å². The molecular formula is C10H22N2O2. The van der Waals surface area contributed by atoms with Gasteiger partial charge < -0.3 is 15.4 Å². The summed E-state index contributed by atoms with van der Waals surface area (Å²) in [6.07, 6.45) is 1.73. The van der Waals surface area contributed by atoms with E-state index >= 15 is 0 Å². The number of hydrogen-bond acceptors (Lipinski definition) is 4. The number of nitrogens with two attached hydrogens (primary N) is 1. The number of ether oxygens (including phenoxy) is 1. The standard InChI is InChI=1S/C10H22N2O2/c1-5-7-12(3)8-6-10(2,11)9(13)14-4/h5-8,11H2,1-4H3. The van der Waals surface area contributed by atoms with Gasteiger partial charge in [0.15, 0.2) is 0 Å². The number of rotatable bonds is 6. The van der Waals surface area contributed by atoms with Crippen LogP contribution in [-0.2, 0) is 9.53 Å². The van der Waals surface area contributed by atoms with Gasteiger partial charge in [0, 0.05) is 6.54 Å². The van der Waals surface area contributed by atoms with Crippen LogP contribution in [-0.4, -0.2) is 43.7 Å². The average molecular weight is 202 g/mol. The molecule has 0 aliphatic heterocycles. The summed E-state index contributed by atoms with van der Waals surface area (Å²) in [6, 6.07) is 0. The van der Waals surface area contributed by atoms with Crippen molar-refractivity contribution < 1.29 is 9.53 Å². The summed E-state index contributed by atoms with van der Waals surface area (Å²) in [6.45, 7) is 5.67. The van der Waals surface area contributed by atoms with E-state index in [4.69, 9.17) is 5.73 Å². The van der Waals surface area contributed by atoms with Crippen LogP contribution in [0.2, 0.25) is 0 Å². The fourth-order valence-corrected chi connectivity index (χ4v) is 1.25. The van der Waals surface area contributed by atoms with Crippen molar-refractivity contribution in [3.8, 4) is 0 Å². The Kier molecular flexibility index (Phi) is 5.72. The summed E-state index contributed by atoms with van der Waals surface area (Å²) in [7, 11) is 3.39. The fourth-order valence-electron chi connectivity index (χ4n) is 1.25. The van der Waals surface area contributed by atoms with Crippen LogP contribution in [0.5, 0.6) is 0 Å². The van der Waals surface area contributed by atoms with E-state index in [1.54, 1.807) is 6.92 Å². The van der Waals surface area contributed by atoms with Gasteiger partial charge in [-0.05, 0) is 33.4 Å². The summed E-state index contributed by atoms with van der Waals surface area (Å²) in [5.74, 6) is -0.345. The Morgan fingerprint density at radius 3 is 2.50 bits per heavy atom. The lowest BCUT2D eigenvalue weighted by molar-refractivity contribution is -0.146. The number of methoxy groups -OCH3 is 1. The molecule has 1 unspecified atom stereocenters. The van der Waals surface area contributed by atoms with E-state index in [2.05, 4.69) is 16.6 Å². The van der Waals surface area contributed by atoms with Gasteiger partial charge in [-0.1, -0.05) is 6.92 Å². The van der Waals surface area contributed by atoms with Gasteiger partial charge in [-0.2, -0.15) is 0 Å². The van der Waals surface area contributed by atoms with Crippen LogP contribution in [0.4, 0.5) is 0 Å². The molecule has 0 saturated carbocycles. The molecular weight excluding hydrogens is 180 g/mol. The van der Waals surface area contributed by atoms with Gasteiger partial charge in [0.05, 0.1) is 7.11 Å². The van der Waals surface area contributed by atoms with Crippen molar-refractivity contribution >= 4 is 5.97 Å². The third-order valence-electron chi connectivity index (χ3n) is 2.27. The molecule has 1 atom stereocenters. The molecule has 0 aromatic rings. The minimum Gasteiger partial charge on any atom is -0.468 e. The van der Waals surface area contributed by atoms with Crippen molar-refractivity contribution in [1.29, 1.82) is 0 Å². The van der Waals surface area contributed by atoms with Crippen molar-refractivity contribution in [2.45, 2.75) is 32.2 Å². The largest absolute Gasteiger partial charge is 0.468 e. The van der Waals surface area contributed by atoms with Crippen molar-refractivity contribution in [2.75, 3.05) is 27.2 Å². The topological polar surface area (TPSA) is 55.6 Å². The molecule has 0 rings (SSSR count). The van der Waals surface area contributed by atoms with Crippen molar-refractivity contribution in [1.82, 2.24) is 4.90 Å². The first-order valence-corrected chi connectivity index (χ1v) is 5.00. The maximum absolute atomic E-state index is 11.2. The molecule has 0 fully saturated rings. The molecule has 0 heterocycles. The minimum atomic E-state index is -0.864. The maximum atomic E-state index is 11.2. The predicted molar refractivity (Wildman–Crippen MR) is 57.0 cm³/mol. The normalized spacial score (nSPS) is 15.3. The van der Waals surface area contributed by atoms with Crippen LogP contribution in [0.25, 0.3) is 0 Å². The van der Waals surface area contributed by atoms with Crippen LogP contribution in [0.15, 0.2) is 0 Å². The van der Waals surface area contributed by atoms with Gasteiger partial charge >= 0.3 is 5.97 Å². The summed E-state index contributed by atoms with van der Waals surface area (Å²) in [4.78, 5) is 13.4. The van der Waals surface area contributed by atoms with E-state index in [0.717, 1.165) is 19.5 Å². The van der Waals surface area contributed by atoms with E-state index in [1.807, 2.05) is 7.05 Å². The first-order valence-electron chi connectivity index (χ1n) is 5.00. The molecule has 0 aliphatic carbocycles. The van der Waals surface area contributed by atoms with Crippen LogP contribution in [0, 0.1) is 0 Å². The number of hydrogen-bond donors (Lipinski definition) is 1. The van der Waals surface area contributed by atoms with Gasteiger partial charge in [-0.3, -0.25) is 4.79 Å². The highest BCUT2D eigenvalue weighted by Crippen LogP contribution is 2.08. The quantitative estimate of drug-likeness (QED) is 0.641. The number of carbonyl (C=O) groups excluding carboxylic acids is 1. The molecule has 0 aliphatic rings. The first-order chi connectivity index (χ1) is 6.44. The van der Waals surface area contributed by atoms with E-state index in [9.17, 15) is 4.79 Å². The zero-order valence-corrected chi connectivity index (χ0v) is 9.67. The van der Waals surface area contributed by atoms with Gasteiger partial charge in [0.2, 0.25) is 0 Å². The van der Waals surface area contributed by atoms with Gasteiger partial charge in [0.1, 0.15) is 5.54 Å². The first kappa shape index (κ1) is 13.4. The summed E-state index contributed by atoms with van der Waals surface area (Å²) < 4.78 is 4.62. The van der Waals surface area contributed by atoms with Crippen molar-refractivity contribution in [3.63, 3.8) is 0 Å². The molecule has 4 nitrogen and oxygen atoms in total. The van der Waals surface area contributed by atoms with E-state index in [-0.39, 0.29) is 5.97 Å². The van der Waals surface area contributed by atoms with Gasteiger partial charge in [-0.15, -0.1) is 0 Å². The summed E-state index contributed by atoms with van der Waals surface area (Å²) in [5, 5.41) is 0. The minimum absolute atomic E-state index is 0.345. The lowest BCUT2D eigenvalue weighted by Crippen LogP contribution is -2.47. The fraction of sp³-hybridized carbons (Fsp3) is 0.900. The van der Waals surface area contributed by atoms with E-state index in [0.29, 0.717) is 6.42 Å². The lowest BCUT2D eigenvalue weighted by atomic mass is 9.99. The smallest absolute Gasteiger partial charge is 0.325 e. The summed E-state index contributed by atoms with van der Waals surface area (Å²) in [5.41, 5.74) is 4.95. The van der Waals surface area contributed by atoms with E-state index in [1.165, 1.54) is 7.11 Å². The Bertz CT molecular complexity index is 181. The molecule has 0 amide bonds. The second-order valence-electron chi connectivity index (χ2n) is 3.96. The molecule has 84 valence electrons. The van der Waals surface area contributed by atoms with Crippen LogP contribution in [0.1, 0.15) is 26.7 Å². The van der Waals surface area contributed by atoms with Gasteiger partial charge in [-0.25, -0.2) is 0 Å². The van der Waals surface area contributed by atoms with E-state index < -0.39 is 5.54 Å². The molecule has 0 aromatic heterocycles. The van der Waals surface area contributed by atoms with Crippen LogP contribution >= 0.6 is 0 Å². The molecule has 0 bridgehead atoms. The second kappa shape index (κ2) is 5.98. The average Bonchev–Trinajstić information content (AvgIpc) is 2.14. The lowest BCUT2D eigenvalue weighted by Gasteiger charge is -2.24. The predicted octanol–water partition coefficient (Wildman–Crippen LogP) is 0.609. The highest BCUT2D eigenvalue weighted by atomic mass is 16.5. The van der Waals surface area contributed by atoms with Crippen molar-refractivity contribution in [2.24, 2.45) is 5.73 Å². The van der Waals surface area contributed by atoms with Gasteiger partial charge in [0.25, 0.3) is 0 Å². The molecule has 0 saturated heterocycles. The molecule has 0 aromatic carbocycles. The zero-order valence-electron chi connectivity index (χ0n) is 9.67. The number of carbonyl (C=O) groups is 1. The Labute approximate surface area is 86.4 Å². The molecule has 14 heavy (non-hydrogen) atoms. The Hall–Kier alpha value is -0.610. The highest BCUT2D eigenvalue weighted by Gasteiger charge is 2.29. The molecule has 0 radical (unpaired) electrons. The Morgan fingerprint density at radius 2 is 2.07 bits per heavy atom. The number of esters is 1. The SMILES string of the molecule is CCCN(C)CCC(C)(N)C(=O)OC. The zero-order chi connectivity index (χ0) is 11.2. The highest BCUT2D eigenvalue weighted by molar-refractivity contribution is 5.79. The molecule has 0 spiro atoms. The molecule has 2 N–H and O–H groups in total. The third kappa shape index (κ3) is 4.58. The van der Waals surface area contributed by atoms with Crippen LogP contribution in [0.3, 0.4) is 0 Å². The number of nitrogens with zero attached hydrogens (tertiary/aromatic N) is 1.